The quantitative estimate of drug-likeness (QED) is 0.514. The van der Waals surface area contributed by atoms with Crippen LogP contribution in [0, 0.1) is 10.1 Å². The van der Waals surface area contributed by atoms with Gasteiger partial charge in [0.05, 0.1) is 4.92 Å². The molecule has 0 fully saturated rings. The van der Waals surface area contributed by atoms with Gasteiger partial charge in [0.15, 0.2) is 4.90 Å². The molecule has 1 aromatic heterocycles. The van der Waals surface area contributed by atoms with Crippen LogP contribution < -0.4 is 5.73 Å². The minimum atomic E-state index is -4.00. The van der Waals surface area contributed by atoms with Crippen LogP contribution in [0.5, 0.6) is 0 Å². The Morgan fingerprint density at radius 1 is 1.38 bits per heavy atom. The van der Waals surface area contributed by atoms with Gasteiger partial charge in [0, 0.05) is 25.3 Å². The minimum absolute atomic E-state index is 0.137. The second-order valence-electron chi connectivity index (χ2n) is 4.38. The summed E-state index contributed by atoms with van der Waals surface area (Å²) in [6.45, 7) is 0.137. The number of hydrogen-bond donors (Lipinski definition) is 1. The van der Waals surface area contributed by atoms with Crippen LogP contribution in [0.2, 0.25) is 0 Å². The monoisotopic (exact) mass is 327 g/mol. The van der Waals surface area contributed by atoms with Crippen LogP contribution in [0.15, 0.2) is 39.9 Å². The first-order chi connectivity index (χ1) is 9.82. The number of nitro benzene ring substituents is 1. The molecule has 0 aliphatic rings. The van der Waals surface area contributed by atoms with Crippen LogP contribution >= 0.6 is 11.3 Å². The molecule has 0 radical (unpaired) electrons. The molecule has 112 valence electrons. The van der Waals surface area contributed by atoms with E-state index >= 15 is 0 Å². The third-order valence-electron chi connectivity index (χ3n) is 2.85. The van der Waals surface area contributed by atoms with Gasteiger partial charge in [-0.05, 0) is 34.5 Å². The summed E-state index contributed by atoms with van der Waals surface area (Å²) >= 11 is 1.45. The van der Waals surface area contributed by atoms with E-state index in [-0.39, 0.29) is 12.2 Å². The maximum atomic E-state index is 12.5. The fourth-order valence-electron chi connectivity index (χ4n) is 1.78. The van der Waals surface area contributed by atoms with Gasteiger partial charge in [-0.15, -0.1) is 0 Å². The Labute approximate surface area is 125 Å². The van der Waals surface area contributed by atoms with E-state index in [0.29, 0.717) is 0 Å². The van der Waals surface area contributed by atoms with Gasteiger partial charge in [0.1, 0.15) is 0 Å². The summed E-state index contributed by atoms with van der Waals surface area (Å²) in [5, 5.41) is 14.7. The van der Waals surface area contributed by atoms with Gasteiger partial charge in [0.25, 0.3) is 5.69 Å². The van der Waals surface area contributed by atoms with Gasteiger partial charge >= 0.3 is 0 Å². The fourth-order valence-corrected chi connectivity index (χ4v) is 3.79. The van der Waals surface area contributed by atoms with Gasteiger partial charge in [-0.1, -0.05) is 0 Å². The van der Waals surface area contributed by atoms with Crippen molar-refractivity contribution in [2.75, 3.05) is 12.8 Å². The first-order valence-electron chi connectivity index (χ1n) is 5.83. The zero-order chi connectivity index (χ0) is 15.6. The lowest BCUT2D eigenvalue weighted by molar-refractivity contribution is -0.387. The van der Waals surface area contributed by atoms with Gasteiger partial charge in [-0.3, -0.25) is 10.1 Å². The predicted molar refractivity (Wildman–Crippen MR) is 80.5 cm³/mol. The summed E-state index contributed by atoms with van der Waals surface area (Å²) in [7, 11) is -2.62. The molecule has 1 heterocycles. The third kappa shape index (κ3) is 3.20. The highest BCUT2D eigenvalue weighted by Gasteiger charge is 2.29. The van der Waals surface area contributed by atoms with Crippen molar-refractivity contribution in [3.05, 3.63) is 50.7 Å². The van der Waals surface area contributed by atoms with E-state index in [4.69, 9.17) is 5.73 Å². The zero-order valence-electron chi connectivity index (χ0n) is 11.1. The molecule has 0 atom stereocenters. The standard InChI is InChI=1S/C12H13N3O4S2/c1-14(7-9-4-5-20-8-9)21(18,19)12-6-10(13)2-3-11(12)15(16)17/h2-6,8H,7,13H2,1H3. The molecule has 0 bridgehead atoms. The van der Waals surface area contributed by atoms with Crippen molar-refractivity contribution in [3.8, 4) is 0 Å². The van der Waals surface area contributed by atoms with E-state index in [0.717, 1.165) is 22.0 Å². The molecule has 21 heavy (non-hydrogen) atoms. The summed E-state index contributed by atoms with van der Waals surface area (Å²) < 4.78 is 26.1. The van der Waals surface area contributed by atoms with Crippen LogP contribution in [0.25, 0.3) is 0 Å². The van der Waals surface area contributed by atoms with Gasteiger partial charge < -0.3 is 5.73 Å². The highest BCUT2D eigenvalue weighted by atomic mass is 32.2. The molecule has 0 aliphatic heterocycles. The van der Waals surface area contributed by atoms with Crippen molar-refractivity contribution in [1.29, 1.82) is 0 Å². The molecule has 2 aromatic rings. The fraction of sp³-hybridized carbons (Fsp3) is 0.167. The lowest BCUT2D eigenvalue weighted by atomic mass is 10.3. The summed E-state index contributed by atoms with van der Waals surface area (Å²) in [4.78, 5) is 9.87. The predicted octanol–water partition coefficient (Wildman–Crippen LogP) is 2.06. The van der Waals surface area contributed by atoms with E-state index in [9.17, 15) is 18.5 Å². The van der Waals surface area contributed by atoms with Gasteiger partial charge in [0.2, 0.25) is 10.0 Å². The first kappa shape index (κ1) is 15.4. The van der Waals surface area contributed by atoms with Crippen molar-refractivity contribution < 1.29 is 13.3 Å². The number of benzene rings is 1. The number of nitrogens with two attached hydrogens (primary N) is 1. The molecule has 0 amide bonds. The van der Waals surface area contributed by atoms with Crippen LogP contribution in [-0.4, -0.2) is 24.7 Å². The number of nitrogens with zero attached hydrogens (tertiary/aromatic N) is 2. The zero-order valence-corrected chi connectivity index (χ0v) is 12.7. The number of anilines is 1. The summed E-state index contributed by atoms with van der Waals surface area (Å²) in [5.74, 6) is 0. The molecule has 2 rings (SSSR count). The smallest absolute Gasteiger partial charge is 0.289 e. The average molecular weight is 327 g/mol. The Morgan fingerprint density at radius 3 is 2.67 bits per heavy atom. The number of sulfonamides is 1. The van der Waals surface area contributed by atoms with E-state index in [1.165, 1.54) is 24.5 Å². The molecule has 0 saturated carbocycles. The topological polar surface area (TPSA) is 107 Å². The number of rotatable bonds is 5. The molecule has 0 unspecified atom stereocenters. The maximum absolute atomic E-state index is 12.5. The number of nitrogen functional groups attached to an aromatic ring is 1. The van der Waals surface area contributed by atoms with E-state index in [2.05, 4.69) is 0 Å². The maximum Gasteiger partial charge on any atom is 0.289 e. The summed E-state index contributed by atoms with van der Waals surface area (Å²) in [6.07, 6.45) is 0. The number of thiophene rings is 1. The van der Waals surface area contributed by atoms with Crippen molar-refractivity contribution >= 4 is 32.7 Å². The number of hydrogen-bond acceptors (Lipinski definition) is 6. The second-order valence-corrected chi connectivity index (χ2v) is 7.17. The van der Waals surface area contributed by atoms with Crippen molar-refractivity contribution in [1.82, 2.24) is 4.31 Å². The van der Waals surface area contributed by atoms with Gasteiger partial charge in [-0.25, -0.2) is 8.42 Å². The molecule has 2 N–H and O–H groups in total. The molecule has 1 aromatic carbocycles. The molecular weight excluding hydrogens is 314 g/mol. The van der Waals surface area contributed by atoms with E-state index < -0.39 is 25.5 Å². The summed E-state index contributed by atoms with van der Waals surface area (Å²) in [6, 6.07) is 5.30. The third-order valence-corrected chi connectivity index (χ3v) is 5.42. The Hall–Kier alpha value is -1.97. The van der Waals surface area contributed by atoms with Crippen molar-refractivity contribution in [3.63, 3.8) is 0 Å². The van der Waals surface area contributed by atoms with Crippen LogP contribution in [0.3, 0.4) is 0 Å². The Bertz CT molecular complexity index is 757. The van der Waals surface area contributed by atoms with Crippen LogP contribution in [0.4, 0.5) is 11.4 Å². The number of nitro groups is 1. The molecular formula is C12H13N3O4S2. The van der Waals surface area contributed by atoms with E-state index in [1.54, 1.807) is 6.07 Å². The highest BCUT2D eigenvalue weighted by Crippen LogP contribution is 2.28. The Balaban J connectivity index is 2.43. The molecule has 0 aliphatic carbocycles. The SMILES string of the molecule is CN(Cc1ccsc1)S(=O)(=O)c1cc(N)ccc1[N+](=O)[O-]. The van der Waals surface area contributed by atoms with Crippen LogP contribution in [-0.2, 0) is 16.6 Å². The van der Waals surface area contributed by atoms with Crippen LogP contribution in [0.1, 0.15) is 5.56 Å². The average Bonchev–Trinajstić information content (AvgIpc) is 2.91. The first-order valence-corrected chi connectivity index (χ1v) is 8.22. The molecule has 7 nitrogen and oxygen atoms in total. The molecule has 9 heteroatoms. The van der Waals surface area contributed by atoms with Crippen molar-refractivity contribution in [2.45, 2.75) is 11.4 Å². The molecule has 0 saturated heterocycles. The Kier molecular flexibility index (Phi) is 4.26. The lowest BCUT2D eigenvalue weighted by Crippen LogP contribution is -2.27. The Morgan fingerprint density at radius 2 is 2.10 bits per heavy atom. The largest absolute Gasteiger partial charge is 0.399 e. The minimum Gasteiger partial charge on any atom is -0.399 e. The lowest BCUT2D eigenvalue weighted by Gasteiger charge is -2.16. The van der Waals surface area contributed by atoms with Gasteiger partial charge in [-0.2, -0.15) is 15.6 Å². The van der Waals surface area contributed by atoms with E-state index in [1.807, 2.05) is 10.8 Å². The van der Waals surface area contributed by atoms with Crippen molar-refractivity contribution in [2.24, 2.45) is 0 Å². The second kappa shape index (κ2) is 5.80. The highest BCUT2D eigenvalue weighted by molar-refractivity contribution is 7.89. The molecule has 0 spiro atoms. The summed E-state index contributed by atoms with van der Waals surface area (Å²) in [5.41, 5.74) is 6.04. The normalized spacial score (nSPS) is 11.7.